The molecule has 0 aliphatic heterocycles. The van der Waals surface area contributed by atoms with Crippen molar-refractivity contribution in [3.63, 3.8) is 0 Å². The molecule has 0 fully saturated rings. The maximum Gasteiger partial charge on any atom is 0.427 e. The highest BCUT2D eigenvalue weighted by atomic mass is 79.9. The number of rotatable bonds is 7. The van der Waals surface area contributed by atoms with Crippen LogP contribution in [0.2, 0.25) is 0 Å². The molecule has 8 nitrogen and oxygen atoms in total. The van der Waals surface area contributed by atoms with Crippen LogP contribution < -0.4 is 20.6 Å². The highest BCUT2D eigenvalue weighted by Crippen LogP contribution is 2.24. The fourth-order valence-electron chi connectivity index (χ4n) is 3.17. The minimum Gasteiger partial charge on any atom is -0.487 e. The van der Waals surface area contributed by atoms with Crippen LogP contribution in [0.5, 0.6) is 5.75 Å². The molecule has 0 aliphatic carbocycles. The highest BCUT2D eigenvalue weighted by Gasteiger charge is 2.22. The summed E-state index contributed by atoms with van der Waals surface area (Å²) >= 11 is 3.13. The molecule has 178 valence electrons. The van der Waals surface area contributed by atoms with Gasteiger partial charge in [-0.2, -0.15) is 0 Å². The molecule has 2 amide bonds. The molecule has 3 aromatic rings. The van der Waals surface area contributed by atoms with Crippen LogP contribution in [-0.4, -0.2) is 28.8 Å². The van der Waals surface area contributed by atoms with Gasteiger partial charge in [-0.05, 0) is 52.7 Å². The first-order chi connectivity index (χ1) is 16.1. The zero-order valence-corrected chi connectivity index (χ0v) is 19.7. The van der Waals surface area contributed by atoms with Gasteiger partial charge in [0, 0.05) is 36.0 Å². The number of amides is 2. The molecule has 1 heterocycles. The number of halogens is 3. The summed E-state index contributed by atoms with van der Waals surface area (Å²) in [7, 11) is 1.50. The molecule has 2 aromatic carbocycles. The third kappa shape index (κ3) is 5.42. The van der Waals surface area contributed by atoms with E-state index in [4.69, 9.17) is 4.74 Å². The maximum absolute atomic E-state index is 13.9. The summed E-state index contributed by atoms with van der Waals surface area (Å²) in [5.41, 5.74) is 0.571. The molecular weight excluding hydrogens is 516 g/mol. The molecule has 0 saturated heterocycles. The van der Waals surface area contributed by atoms with E-state index in [-0.39, 0.29) is 40.5 Å². The van der Waals surface area contributed by atoms with Crippen molar-refractivity contribution in [3.8, 4) is 5.75 Å². The average Bonchev–Trinajstić information content (AvgIpc) is 2.80. The van der Waals surface area contributed by atoms with Gasteiger partial charge in [0.15, 0.2) is 0 Å². The van der Waals surface area contributed by atoms with Gasteiger partial charge in [-0.25, -0.2) is 23.3 Å². The van der Waals surface area contributed by atoms with Gasteiger partial charge in [0.2, 0.25) is 0 Å². The average molecular weight is 536 g/mol. The van der Waals surface area contributed by atoms with Gasteiger partial charge in [-0.1, -0.05) is 12.1 Å². The lowest BCUT2D eigenvalue weighted by molar-refractivity contribution is 0.0963. The Morgan fingerprint density at radius 2 is 1.82 bits per heavy atom. The number of carboxylic acid groups (broad SMARTS) is 1. The maximum atomic E-state index is 13.9. The van der Waals surface area contributed by atoms with E-state index in [1.807, 2.05) is 0 Å². The van der Waals surface area contributed by atoms with Gasteiger partial charge >= 0.3 is 6.09 Å². The van der Waals surface area contributed by atoms with E-state index in [0.717, 1.165) is 21.8 Å². The van der Waals surface area contributed by atoms with Crippen LogP contribution in [0.25, 0.3) is 0 Å². The van der Waals surface area contributed by atoms with Crippen molar-refractivity contribution >= 4 is 27.9 Å². The van der Waals surface area contributed by atoms with Crippen molar-refractivity contribution in [3.05, 3.63) is 97.4 Å². The van der Waals surface area contributed by atoms with Crippen molar-refractivity contribution in [2.24, 2.45) is 0 Å². The van der Waals surface area contributed by atoms with E-state index in [1.54, 1.807) is 24.3 Å². The number of pyridine rings is 1. The van der Waals surface area contributed by atoms with E-state index in [2.05, 4.69) is 21.2 Å². The second-order valence-electron chi connectivity index (χ2n) is 7.22. The molecule has 1 aromatic heterocycles. The lowest BCUT2D eigenvalue weighted by Crippen LogP contribution is -2.46. The minimum atomic E-state index is -1.38. The molecule has 0 bridgehead atoms. The number of benzene rings is 2. The Labute approximate surface area is 201 Å². The normalized spacial score (nSPS) is 10.6. The third-order valence-corrected chi connectivity index (χ3v) is 5.64. The van der Waals surface area contributed by atoms with Crippen molar-refractivity contribution < 1.29 is 28.2 Å². The zero-order valence-electron chi connectivity index (χ0n) is 18.1. The van der Waals surface area contributed by atoms with E-state index >= 15 is 0 Å². The number of aromatic nitrogens is 1. The SMILES string of the molecule is CNC(=O)c1ccc(CN(C(=O)O)n2c(C)cc(OCc3ccc(F)cc3F)c(Br)c2=O)cc1. The highest BCUT2D eigenvalue weighted by molar-refractivity contribution is 9.10. The van der Waals surface area contributed by atoms with Crippen LogP contribution in [0.4, 0.5) is 13.6 Å². The van der Waals surface area contributed by atoms with Gasteiger partial charge < -0.3 is 15.2 Å². The van der Waals surface area contributed by atoms with Crippen molar-refractivity contribution in [2.75, 3.05) is 12.1 Å². The molecule has 0 atom stereocenters. The van der Waals surface area contributed by atoms with E-state index < -0.39 is 23.3 Å². The second-order valence-corrected chi connectivity index (χ2v) is 8.01. The van der Waals surface area contributed by atoms with Gasteiger partial charge in [-0.3, -0.25) is 9.59 Å². The largest absolute Gasteiger partial charge is 0.487 e. The smallest absolute Gasteiger partial charge is 0.427 e. The molecule has 2 N–H and O–H groups in total. The van der Waals surface area contributed by atoms with Gasteiger partial charge in [0.1, 0.15) is 28.5 Å². The molecule has 3 rings (SSSR count). The van der Waals surface area contributed by atoms with Crippen LogP contribution in [0.15, 0.2) is 57.8 Å². The van der Waals surface area contributed by atoms with E-state index in [0.29, 0.717) is 11.1 Å². The Kier molecular flexibility index (Phi) is 7.67. The van der Waals surface area contributed by atoms with Crippen LogP contribution in [0, 0.1) is 18.6 Å². The first-order valence-corrected chi connectivity index (χ1v) is 10.7. The minimum absolute atomic E-state index is 0.0677. The van der Waals surface area contributed by atoms with Gasteiger partial charge in [0.05, 0.1) is 6.54 Å². The first-order valence-electron chi connectivity index (χ1n) is 9.93. The fraction of sp³-hybridized carbons (Fsp3) is 0.174. The molecule has 0 aliphatic rings. The van der Waals surface area contributed by atoms with Crippen molar-refractivity contribution in [1.82, 2.24) is 9.99 Å². The summed E-state index contributed by atoms with van der Waals surface area (Å²) in [4.78, 5) is 36.7. The summed E-state index contributed by atoms with van der Waals surface area (Å²) < 4.78 is 33.4. The lowest BCUT2D eigenvalue weighted by Gasteiger charge is -2.24. The quantitative estimate of drug-likeness (QED) is 0.477. The van der Waals surface area contributed by atoms with Crippen LogP contribution in [-0.2, 0) is 13.2 Å². The summed E-state index contributed by atoms with van der Waals surface area (Å²) in [5.74, 6) is -1.73. The van der Waals surface area contributed by atoms with Gasteiger partial charge in [-0.15, -0.1) is 0 Å². The predicted molar refractivity (Wildman–Crippen MR) is 124 cm³/mol. The Bertz CT molecular complexity index is 1290. The fourth-order valence-corrected chi connectivity index (χ4v) is 3.57. The molecule has 0 unspecified atom stereocenters. The molecule has 0 spiro atoms. The Morgan fingerprint density at radius 3 is 2.41 bits per heavy atom. The molecule has 34 heavy (non-hydrogen) atoms. The Morgan fingerprint density at radius 1 is 1.15 bits per heavy atom. The van der Waals surface area contributed by atoms with E-state index in [1.165, 1.54) is 26.1 Å². The second kappa shape index (κ2) is 10.5. The van der Waals surface area contributed by atoms with Crippen LogP contribution >= 0.6 is 15.9 Å². The number of carbonyl (C=O) groups is 2. The monoisotopic (exact) mass is 535 g/mol. The van der Waals surface area contributed by atoms with Gasteiger partial charge in [0.25, 0.3) is 11.5 Å². The number of ether oxygens (including phenoxy) is 1. The molecular formula is C23H20BrF2N3O5. The van der Waals surface area contributed by atoms with Crippen LogP contribution in [0.3, 0.4) is 0 Å². The summed E-state index contributed by atoms with van der Waals surface area (Å²) in [5, 5.41) is 13.1. The predicted octanol–water partition coefficient (Wildman–Crippen LogP) is 3.95. The number of hydrogen-bond donors (Lipinski definition) is 2. The number of carbonyl (C=O) groups excluding carboxylic acids is 1. The molecule has 0 radical (unpaired) electrons. The zero-order chi connectivity index (χ0) is 25.0. The Balaban J connectivity index is 1.88. The van der Waals surface area contributed by atoms with Crippen molar-refractivity contribution in [1.29, 1.82) is 0 Å². The standard InChI is InChI=1S/C23H20BrF2N3O5/c1-13-9-19(34-12-16-7-8-17(25)10-18(16)26)20(24)22(31)29(13)28(23(32)33)11-14-3-5-15(6-4-14)21(30)27-2/h3-10H,11-12H2,1-2H3,(H,27,30)(H,32,33). The lowest BCUT2D eigenvalue weighted by atomic mass is 10.1. The first kappa shape index (κ1) is 24.9. The molecule has 11 heteroatoms. The summed E-state index contributed by atoms with van der Waals surface area (Å²) in [6.45, 7) is 1.08. The summed E-state index contributed by atoms with van der Waals surface area (Å²) in [6.07, 6.45) is -1.38. The van der Waals surface area contributed by atoms with Crippen molar-refractivity contribution in [2.45, 2.75) is 20.1 Å². The topological polar surface area (TPSA) is 101 Å². The summed E-state index contributed by atoms with van der Waals surface area (Å²) in [6, 6.07) is 10.7. The number of aryl methyl sites for hydroxylation is 1. The van der Waals surface area contributed by atoms with Crippen LogP contribution in [0.1, 0.15) is 27.2 Å². The molecule has 0 saturated carbocycles. The number of hydrogen-bond acceptors (Lipinski definition) is 4. The van der Waals surface area contributed by atoms with E-state index in [9.17, 15) is 28.3 Å². The number of nitrogens with zero attached hydrogens (tertiary/aromatic N) is 2. The number of nitrogens with one attached hydrogen (secondary N) is 1. The Hall–Kier alpha value is -3.73. The third-order valence-electron chi connectivity index (χ3n) is 4.91.